The number of hydrogen-bond donors (Lipinski definition) is 0. The number of halogens is 1. The van der Waals surface area contributed by atoms with E-state index < -0.39 is 0 Å². The zero-order valence-electron chi connectivity index (χ0n) is 10.6. The maximum Gasteiger partial charge on any atom is 0.330 e. The van der Waals surface area contributed by atoms with Gasteiger partial charge < -0.3 is 9.47 Å². The lowest BCUT2D eigenvalue weighted by Gasteiger charge is -2.06. The summed E-state index contributed by atoms with van der Waals surface area (Å²) in [4.78, 5) is 12.4. The number of esters is 1. The van der Waals surface area contributed by atoms with Crippen LogP contribution in [0.4, 0.5) is 0 Å². The van der Waals surface area contributed by atoms with E-state index in [-0.39, 0.29) is 12.6 Å². The maximum atomic E-state index is 11.4. The van der Waals surface area contributed by atoms with Crippen LogP contribution in [0.1, 0.15) is 4.88 Å². The van der Waals surface area contributed by atoms with Gasteiger partial charge in [0.2, 0.25) is 0 Å². The Morgan fingerprint density at radius 2 is 2.00 bits per heavy atom. The van der Waals surface area contributed by atoms with E-state index in [1.165, 1.54) is 6.08 Å². The van der Waals surface area contributed by atoms with Crippen molar-refractivity contribution in [1.82, 2.24) is 0 Å². The monoisotopic (exact) mass is 352 g/mol. The van der Waals surface area contributed by atoms with Crippen molar-refractivity contribution in [1.29, 1.82) is 0 Å². The van der Waals surface area contributed by atoms with Crippen LogP contribution >= 0.6 is 27.3 Å². The SMILES string of the molecule is O=C(/C=C/c1cccs1)OCCOc1ccc(Br)cc1. The van der Waals surface area contributed by atoms with Gasteiger partial charge in [0.05, 0.1) is 0 Å². The quantitative estimate of drug-likeness (QED) is 0.445. The molecule has 0 radical (unpaired) electrons. The van der Waals surface area contributed by atoms with Gasteiger partial charge in [-0.15, -0.1) is 11.3 Å². The normalized spacial score (nSPS) is 10.7. The maximum absolute atomic E-state index is 11.4. The van der Waals surface area contributed by atoms with Crippen molar-refractivity contribution in [2.24, 2.45) is 0 Å². The molecule has 1 heterocycles. The highest BCUT2D eigenvalue weighted by atomic mass is 79.9. The van der Waals surface area contributed by atoms with Crippen molar-refractivity contribution < 1.29 is 14.3 Å². The lowest BCUT2D eigenvalue weighted by molar-refractivity contribution is -0.138. The van der Waals surface area contributed by atoms with E-state index in [2.05, 4.69) is 15.9 Å². The molecule has 1 aromatic heterocycles. The van der Waals surface area contributed by atoms with Gasteiger partial charge in [-0.05, 0) is 41.8 Å². The molecule has 0 saturated heterocycles. The van der Waals surface area contributed by atoms with E-state index in [9.17, 15) is 4.79 Å². The molecule has 0 aliphatic rings. The molecule has 5 heteroatoms. The van der Waals surface area contributed by atoms with Gasteiger partial charge in [0, 0.05) is 15.4 Å². The lowest BCUT2D eigenvalue weighted by atomic mass is 10.3. The average molecular weight is 353 g/mol. The number of rotatable bonds is 6. The van der Waals surface area contributed by atoms with Crippen molar-refractivity contribution in [3.05, 3.63) is 57.2 Å². The number of thiophene rings is 1. The van der Waals surface area contributed by atoms with Crippen LogP contribution in [-0.2, 0) is 9.53 Å². The van der Waals surface area contributed by atoms with E-state index in [0.717, 1.165) is 15.1 Å². The van der Waals surface area contributed by atoms with Gasteiger partial charge in [-0.25, -0.2) is 4.79 Å². The van der Waals surface area contributed by atoms with Gasteiger partial charge in [-0.1, -0.05) is 22.0 Å². The molecule has 0 atom stereocenters. The Labute approximate surface area is 130 Å². The molecule has 0 aliphatic heterocycles. The molecule has 3 nitrogen and oxygen atoms in total. The third-order valence-electron chi connectivity index (χ3n) is 2.34. The first kappa shape index (κ1) is 14.8. The summed E-state index contributed by atoms with van der Waals surface area (Å²) in [6.45, 7) is 0.559. The molecule has 0 saturated carbocycles. The molecule has 0 N–H and O–H groups in total. The Hall–Kier alpha value is -1.59. The summed E-state index contributed by atoms with van der Waals surface area (Å²) < 4.78 is 11.5. The van der Waals surface area contributed by atoms with Crippen LogP contribution < -0.4 is 4.74 Å². The zero-order chi connectivity index (χ0) is 14.2. The highest BCUT2D eigenvalue weighted by Gasteiger charge is 1.98. The first-order chi connectivity index (χ1) is 9.74. The number of benzene rings is 1. The fourth-order valence-corrected chi connectivity index (χ4v) is 2.30. The van der Waals surface area contributed by atoms with E-state index in [0.29, 0.717) is 6.61 Å². The molecule has 1 aromatic carbocycles. The highest BCUT2D eigenvalue weighted by molar-refractivity contribution is 9.10. The molecule has 0 unspecified atom stereocenters. The van der Waals surface area contributed by atoms with Gasteiger partial charge in [0.15, 0.2) is 0 Å². The number of hydrogen-bond acceptors (Lipinski definition) is 4. The second kappa shape index (κ2) is 7.87. The van der Waals surface area contributed by atoms with Crippen LogP contribution in [-0.4, -0.2) is 19.2 Å². The van der Waals surface area contributed by atoms with E-state index >= 15 is 0 Å². The Morgan fingerprint density at radius 1 is 1.20 bits per heavy atom. The van der Waals surface area contributed by atoms with E-state index in [1.807, 2.05) is 41.8 Å². The van der Waals surface area contributed by atoms with Crippen LogP contribution in [0.5, 0.6) is 5.75 Å². The zero-order valence-corrected chi connectivity index (χ0v) is 13.0. The molecule has 0 amide bonds. The Morgan fingerprint density at radius 3 is 2.70 bits per heavy atom. The van der Waals surface area contributed by atoms with Crippen LogP contribution in [0.25, 0.3) is 6.08 Å². The summed E-state index contributed by atoms with van der Waals surface area (Å²) in [6, 6.07) is 11.4. The van der Waals surface area contributed by atoms with Gasteiger partial charge in [-0.2, -0.15) is 0 Å². The molecule has 0 bridgehead atoms. The van der Waals surface area contributed by atoms with Gasteiger partial charge in [-0.3, -0.25) is 0 Å². The minimum atomic E-state index is -0.363. The molecule has 0 fully saturated rings. The third kappa shape index (κ3) is 5.19. The van der Waals surface area contributed by atoms with Crippen LogP contribution in [0.15, 0.2) is 52.3 Å². The third-order valence-corrected chi connectivity index (χ3v) is 3.70. The summed E-state index contributed by atoms with van der Waals surface area (Å²) in [5.41, 5.74) is 0. The number of ether oxygens (including phenoxy) is 2. The standard InChI is InChI=1S/C15H13BrO3S/c16-12-3-5-13(6-4-12)18-9-10-19-15(17)8-7-14-2-1-11-20-14/h1-8,11H,9-10H2/b8-7+. The van der Waals surface area contributed by atoms with Gasteiger partial charge >= 0.3 is 5.97 Å². The predicted molar refractivity (Wildman–Crippen MR) is 83.9 cm³/mol. The largest absolute Gasteiger partial charge is 0.490 e. The topological polar surface area (TPSA) is 35.5 Å². The second-order valence-electron chi connectivity index (χ2n) is 3.82. The lowest BCUT2D eigenvalue weighted by Crippen LogP contribution is -2.10. The average Bonchev–Trinajstić information content (AvgIpc) is 2.96. The summed E-state index contributed by atoms with van der Waals surface area (Å²) in [7, 11) is 0. The van der Waals surface area contributed by atoms with Crippen molar-refractivity contribution in [2.45, 2.75) is 0 Å². The summed E-state index contributed by atoms with van der Waals surface area (Å²) in [5.74, 6) is 0.385. The Bertz CT molecular complexity index is 561. The first-order valence-electron chi connectivity index (χ1n) is 6.01. The minimum absolute atomic E-state index is 0.226. The molecule has 20 heavy (non-hydrogen) atoms. The molecule has 2 rings (SSSR count). The minimum Gasteiger partial charge on any atom is -0.490 e. The summed E-state index contributed by atoms with van der Waals surface area (Å²) in [5, 5.41) is 1.96. The molecular weight excluding hydrogens is 340 g/mol. The number of carbonyl (C=O) groups is 1. The summed E-state index contributed by atoms with van der Waals surface area (Å²) >= 11 is 4.92. The van der Waals surface area contributed by atoms with Crippen LogP contribution in [0.3, 0.4) is 0 Å². The van der Waals surface area contributed by atoms with Crippen LogP contribution in [0.2, 0.25) is 0 Å². The van der Waals surface area contributed by atoms with E-state index in [1.54, 1.807) is 17.4 Å². The Kier molecular flexibility index (Phi) is 5.83. The first-order valence-corrected chi connectivity index (χ1v) is 7.68. The fraction of sp³-hybridized carbons (Fsp3) is 0.133. The highest BCUT2D eigenvalue weighted by Crippen LogP contribution is 2.15. The van der Waals surface area contributed by atoms with Crippen LogP contribution in [0, 0.1) is 0 Å². The summed E-state index contributed by atoms with van der Waals surface area (Å²) in [6.07, 6.45) is 3.16. The Balaban J connectivity index is 1.65. The smallest absolute Gasteiger partial charge is 0.330 e. The fourth-order valence-electron chi connectivity index (χ4n) is 1.42. The van der Waals surface area contributed by atoms with E-state index in [4.69, 9.17) is 9.47 Å². The number of carbonyl (C=O) groups excluding carboxylic acids is 1. The van der Waals surface area contributed by atoms with Crippen molar-refractivity contribution in [3.63, 3.8) is 0 Å². The van der Waals surface area contributed by atoms with Gasteiger partial charge in [0.25, 0.3) is 0 Å². The second-order valence-corrected chi connectivity index (χ2v) is 5.71. The van der Waals surface area contributed by atoms with Crippen molar-refractivity contribution >= 4 is 39.3 Å². The van der Waals surface area contributed by atoms with Gasteiger partial charge in [0.1, 0.15) is 19.0 Å². The molecular formula is C15H13BrO3S. The molecule has 104 valence electrons. The predicted octanol–water partition coefficient (Wildman–Crippen LogP) is 4.15. The molecule has 0 spiro atoms. The van der Waals surface area contributed by atoms with Crippen molar-refractivity contribution in [2.75, 3.05) is 13.2 Å². The molecule has 0 aliphatic carbocycles. The van der Waals surface area contributed by atoms with Crippen molar-refractivity contribution in [3.8, 4) is 5.75 Å². The molecule has 2 aromatic rings.